The zero-order valence-electron chi connectivity index (χ0n) is 10.8. The van der Waals surface area contributed by atoms with E-state index in [1.807, 2.05) is 0 Å². The van der Waals surface area contributed by atoms with E-state index >= 15 is 0 Å². The van der Waals surface area contributed by atoms with Gasteiger partial charge in [0.2, 0.25) is 11.8 Å². The molecule has 0 saturated carbocycles. The number of halogens is 3. The second kappa shape index (κ2) is 6.07. The van der Waals surface area contributed by atoms with Crippen LogP contribution in [-0.2, 0) is 25.2 Å². The van der Waals surface area contributed by atoms with Gasteiger partial charge in [0, 0.05) is 16.6 Å². The lowest BCUT2D eigenvalue weighted by atomic mass is 9.97. The van der Waals surface area contributed by atoms with E-state index < -0.39 is 63.7 Å². The summed E-state index contributed by atoms with van der Waals surface area (Å²) >= 11 is 1.03. The molecule has 2 aliphatic rings. The van der Waals surface area contributed by atoms with Gasteiger partial charge in [-0.1, -0.05) is 0 Å². The molecular weight excluding hydrogens is 349 g/mol. The summed E-state index contributed by atoms with van der Waals surface area (Å²) in [6.45, 7) is 0. The van der Waals surface area contributed by atoms with Crippen molar-refractivity contribution in [1.29, 1.82) is 0 Å². The van der Waals surface area contributed by atoms with Crippen LogP contribution >= 0.6 is 11.8 Å². The van der Waals surface area contributed by atoms with E-state index in [1.165, 1.54) is 0 Å². The van der Waals surface area contributed by atoms with E-state index in [1.54, 1.807) is 0 Å². The number of amides is 2. The highest BCUT2D eigenvalue weighted by molar-refractivity contribution is 8.00. The molecule has 4 atom stereocenters. The number of thioether (sulfide) groups is 1. The fourth-order valence-electron chi connectivity index (χ4n) is 2.25. The van der Waals surface area contributed by atoms with Crippen LogP contribution in [0.5, 0.6) is 0 Å². The Hall–Kier alpha value is -1.30. The monoisotopic (exact) mass is 360 g/mol. The number of nitrogens with zero attached hydrogens (tertiary/aromatic N) is 1. The molecule has 0 aromatic carbocycles. The fourth-order valence-corrected chi connectivity index (χ4v) is 4.39. The molecule has 7 nitrogen and oxygen atoms in total. The molecule has 3 unspecified atom stereocenters. The Balaban J connectivity index is 1.86. The highest BCUT2D eigenvalue weighted by Gasteiger charge is 2.57. The number of hydrogen-bond acceptors (Lipinski definition) is 5. The van der Waals surface area contributed by atoms with Crippen LogP contribution in [-0.4, -0.2) is 72.9 Å². The summed E-state index contributed by atoms with van der Waals surface area (Å²) in [4.78, 5) is 35.3. The van der Waals surface area contributed by atoms with Gasteiger partial charge in [-0.2, -0.15) is 13.2 Å². The maximum absolute atomic E-state index is 12.0. The highest BCUT2D eigenvalue weighted by Crippen LogP contribution is 2.38. The topological polar surface area (TPSA) is 104 Å². The number of β-lactam (4-membered cyclic amide) rings is 1. The number of carbonyl (C=O) groups excluding carboxylic acids is 2. The number of hydrogen-bond donors (Lipinski definition) is 2. The predicted molar refractivity (Wildman–Crippen MR) is 70.4 cm³/mol. The minimum atomic E-state index is -4.63. The van der Waals surface area contributed by atoms with E-state index in [9.17, 15) is 31.8 Å². The van der Waals surface area contributed by atoms with Crippen LogP contribution in [0.25, 0.3) is 0 Å². The lowest BCUT2D eigenvalue weighted by Crippen LogP contribution is -2.71. The minimum absolute atomic E-state index is 0.305. The number of alkyl halides is 3. The second-order valence-electron chi connectivity index (χ2n) is 4.73. The first kappa shape index (κ1) is 17.1. The Morgan fingerprint density at radius 2 is 2.09 bits per heavy atom. The van der Waals surface area contributed by atoms with Crippen LogP contribution in [0, 0.1) is 0 Å². The molecule has 0 aliphatic carbocycles. The average molecular weight is 360 g/mol. The second-order valence-corrected chi connectivity index (χ2v) is 7.30. The molecule has 22 heavy (non-hydrogen) atoms. The molecule has 2 aliphatic heterocycles. The van der Waals surface area contributed by atoms with Crippen LogP contribution in [0.4, 0.5) is 13.2 Å². The summed E-state index contributed by atoms with van der Waals surface area (Å²) < 4.78 is 47.2. The molecule has 2 fully saturated rings. The van der Waals surface area contributed by atoms with E-state index in [0.717, 1.165) is 16.7 Å². The summed E-state index contributed by atoms with van der Waals surface area (Å²) in [6.07, 6.45) is -4.63. The number of carbonyl (C=O) groups is 3. The number of carboxylic acid groups (broad SMARTS) is 1. The van der Waals surface area contributed by atoms with Crippen molar-refractivity contribution in [2.75, 3.05) is 17.3 Å². The Morgan fingerprint density at radius 3 is 2.64 bits per heavy atom. The van der Waals surface area contributed by atoms with Crippen molar-refractivity contribution in [3.8, 4) is 0 Å². The molecule has 2 saturated heterocycles. The van der Waals surface area contributed by atoms with Crippen molar-refractivity contribution < 1.29 is 36.9 Å². The van der Waals surface area contributed by atoms with Crippen LogP contribution in [0.1, 0.15) is 0 Å². The Labute approximate surface area is 129 Å². The molecule has 0 aromatic rings. The zero-order valence-corrected chi connectivity index (χ0v) is 12.5. The smallest absolute Gasteiger partial charge is 0.400 e. The van der Waals surface area contributed by atoms with Gasteiger partial charge in [0.1, 0.15) is 17.5 Å². The van der Waals surface area contributed by atoms with Gasteiger partial charge in [0.15, 0.2) is 5.37 Å². The number of aliphatic carboxylic acids is 1. The van der Waals surface area contributed by atoms with E-state index in [-0.39, 0.29) is 0 Å². The molecule has 2 rings (SSSR count). The Morgan fingerprint density at radius 1 is 1.45 bits per heavy atom. The summed E-state index contributed by atoms with van der Waals surface area (Å²) in [5, 5.41) is 10.1. The number of carboxylic acids is 1. The van der Waals surface area contributed by atoms with Crippen molar-refractivity contribution in [3.63, 3.8) is 0 Å². The quantitative estimate of drug-likeness (QED) is 0.619. The fraction of sp³-hybridized carbons (Fsp3) is 0.700. The van der Waals surface area contributed by atoms with Crippen LogP contribution in [0.2, 0.25) is 0 Å². The normalized spacial score (nSPS) is 28.8. The molecule has 0 radical (unpaired) electrons. The summed E-state index contributed by atoms with van der Waals surface area (Å²) in [6, 6.07) is -1.47. The van der Waals surface area contributed by atoms with Crippen LogP contribution in [0.3, 0.4) is 0 Å². The molecule has 2 amide bonds. The van der Waals surface area contributed by atoms with E-state index in [4.69, 9.17) is 5.11 Å². The average Bonchev–Trinajstić information content (AvgIpc) is 2.73. The predicted octanol–water partition coefficient (Wildman–Crippen LogP) is -0.849. The third-order valence-corrected chi connectivity index (χ3v) is 5.60. The van der Waals surface area contributed by atoms with Crippen LogP contribution in [0.15, 0.2) is 0 Å². The van der Waals surface area contributed by atoms with Gasteiger partial charge in [-0.05, 0) is 0 Å². The molecule has 2 heterocycles. The van der Waals surface area contributed by atoms with Crippen molar-refractivity contribution in [1.82, 2.24) is 10.2 Å². The molecule has 2 N–H and O–H groups in total. The van der Waals surface area contributed by atoms with Crippen molar-refractivity contribution in [3.05, 3.63) is 0 Å². The van der Waals surface area contributed by atoms with Gasteiger partial charge in [-0.25, -0.2) is 4.79 Å². The maximum atomic E-state index is 12.0. The third kappa shape index (κ3) is 3.54. The number of fused-ring (bicyclic) bond motifs is 1. The third-order valence-electron chi connectivity index (χ3n) is 3.08. The van der Waals surface area contributed by atoms with Gasteiger partial charge in [-0.3, -0.25) is 13.8 Å². The molecule has 12 heteroatoms. The van der Waals surface area contributed by atoms with Gasteiger partial charge in [-0.15, -0.1) is 11.8 Å². The minimum Gasteiger partial charge on any atom is -0.479 e. The lowest BCUT2D eigenvalue weighted by Gasteiger charge is -2.43. The van der Waals surface area contributed by atoms with Gasteiger partial charge < -0.3 is 15.3 Å². The maximum Gasteiger partial charge on any atom is 0.400 e. The molecule has 0 spiro atoms. The van der Waals surface area contributed by atoms with E-state index in [2.05, 4.69) is 5.32 Å². The Bertz CT molecular complexity index is 541. The van der Waals surface area contributed by atoms with Gasteiger partial charge >= 0.3 is 12.1 Å². The first-order valence-electron chi connectivity index (χ1n) is 5.98. The first-order chi connectivity index (χ1) is 10.1. The Kier molecular flexibility index (Phi) is 4.70. The molecule has 124 valence electrons. The molecular formula is C10H11F3N2O5S2. The molecule has 0 bridgehead atoms. The van der Waals surface area contributed by atoms with Crippen molar-refractivity contribution >= 4 is 40.3 Å². The largest absolute Gasteiger partial charge is 0.479 e. The zero-order chi connectivity index (χ0) is 16.7. The van der Waals surface area contributed by atoms with E-state index in [0.29, 0.717) is 5.75 Å². The first-order valence-corrected chi connectivity index (χ1v) is 8.51. The standard InChI is InChI=1S/C10H11F3N2O5S2/c11-10(12,13)3-22(20)2-5(16)14-6-4-1-21-8(9(18)19)15(4)7(6)17/h4,6,8H,1-3H2,(H,14,16)(H,18,19)/t4?,6-,8?,22?/m1/s1. The summed E-state index contributed by atoms with van der Waals surface area (Å²) in [7, 11) is -2.41. The molecule has 0 aromatic heterocycles. The van der Waals surface area contributed by atoms with Gasteiger partial charge in [0.05, 0.1) is 6.04 Å². The highest BCUT2D eigenvalue weighted by atomic mass is 32.2. The van der Waals surface area contributed by atoms with Gasteiger partial charge in [0.25, 0.3) is 0 Å². The lowest BCUT2D eigenvalue weighted by molar-refractivity contribution is -0.159. The summed E-state index contributed by atoms with van der Waals surface area (Å²) in [5.74, 6) is -4.84. The number of nitrogens with one attached hydrogen (secondary N) is 1. The summed E-state index contributed by atoms with van der Waals surface area (Å²) in [5.41, 5.74) is 0. The number of rotatable bonds is 5. The van der Waals surface area contributed by atoms with Crippen molar-refractivity contribution in [2.45, 2.75) is 23.6 Å². The van der Waals surface area contributed by atoms with Crippen molar-refractivity contribution in [2.24, 2.45) is 0 Å². The SMILES string of the molecule is O=C(CS(=O)CC(F)(F)F)N[C@H]1C(=O)N2C(C(=O)O)SCC12. The van der Waals surface area contributed by atoms with Crippen LogP contribution < -0.4 is 5.32 Å².